The molecule has 7 heteroatoms. The summed E-state index contributed by atoms with van der Waals surface area (Å²) in [6, 6.07) is 30.3. The predicted octanol–water partition coefficient (Wildman–Crippen LogP) is 8.80. The molecule has 0 saturated carbocycles. The number of nitrogens with zero attached hydrogens (tertiary/aromatic N) is 6. The van der Waals surface area contributed by atoms with E-state index in [0.29, 0.717) is 0 Å². The van der Waals surface area contributed by atoms with Gasteiger partial charge in [-0.15, -0.1) is 0 Å². The molecule has 49 heavy (non-hydrogen) atoms. The highest BCUT2D eigenvalue weighted by atomic mass is 16.3. The average molecular weight is 647 g/mol. The molecule has 246 valence electrons. The van der Waals surface area contributed by atoms with Gasteiger partial charge in [0, 0.05) is 84.9 Å². The van der Waals surface area contributed by atoms with Crippen molar-refractivity contribution in [3.8, 4) is 0 Å². The van der Waals surface area contributed by atoms with E-state index in [1.807, 2.05) is 6.07 Å². The third kappa shape index (κ3) is 4.71. The van der Waals surface area contributed by atoms with Gasteiger partial charge >= 0.3 is 0 Å². The highest BCUT2D eigenvalue weighted by Gasteiger charge is 2.39. The summed E-state index contributed by atoms with van der Waals surface area (Å²) in [6.45, 7) is 8.63. The zero-order chi connectivity index (χ0) is 33.2. The number of furan rings is 1. The molecule has 0 saturated heterocycles. The zero-order valence-electron chi connectivity index (χ0n) is 28.6. The molecule has 0 radical (unpaired) electrons. The molecule has 3 unspecified atom stereocenters. The van der Waals surface area contributed by atoms with Crippen LogP contribution < -0.4 is 14.7 Å². The SMILES string of the molecule is Cc1ccccc1N1C=CN(CCCN2C=CN3c4ccccc4C(C4N(C)C=CN4c4c(C)ccc5c4oc4ccccc45)=CC23)C1C. The van der Waals surface area contributed by atoms with E-state index < -0.39 is 0 Å². The quantitative estimate of drug-likeness (QED) is 0.175. The maximum Gasteiger partial charge on any atom is 0.159 e. The molecule has 0 bridgehead atoms. The lowest BCUT2D eigenvalue weighted by molar-refractivity contribution is 0.276. The molecule has 4 aliphatic heterocycles. The first-order chi connectivity index (χ1) is 24.0. The molecule has 5 heterocycles. The maximum atomic E-state index is 6.58. The minimum Gasteiger partial charge on any atom is -0.454 e. The smallest absolute Gasteiger partial charge is 0.159 e. The molecule has 5 aromatic rings. The van der Waals surface area contributed by atoms with Crippen LogP contribution in [0.2, 0.25) is 0 Å². The number of rotatable bonds is 7. The van der Waals surface area contributed by atoms with Gasteiger partial charge in [0.1, 0.15) is 24.1 Å². The highest BCUT2D eigenvalue weighted by molar-refractivity contribution is 6.10. The van der Waals surface area contributed by atoms with Crippen LogP contribution in [0.4, 0.5) is 17.1 Å². The molecule has 1 aromatic heterocycles. The summed E-state index contributed by atoms with van der Waals surface area (Å²) in [5.41, 5.74) is 10.6. The number of aryl methyl sites for hydroxylation is 2. The Hall–Kier alpha value is -5.56. The van der Waals surface area contributed by atoms with Gasteiger partial charge in [0.15, 0.2) is 5.58 Å². The van der Waals surface area contributed by atoms with Crippen LogP contribution in [0.15, 0.2) is 133 Å². The molecule has 4 aromatic carbocycles. The van der Waals surface area contributed by atoms with E-state index in [0.717, 1.165) is 47.1 Å². The van der Waals surface area contributed by atoms with Gasteiger partial charge in [-0.1, -0.05) is 66.7 Å². The summed E-state index contributed by atoms with van der Waals surface area (Å²) in [6.07, 6.45) is 17.3. The maximum absolute atomic E-state index is 6.58. The van der Waals surface area contributed by atoms with Crippen LogP contribution in [0, 0.1) is 13.8 Å². The fraction of sp³-hybridized carbons (Fsp3) is 0.238. The summed E-state index contributed by atoms with van der Waals surface area (Å²) in [4.78, 5) is 14.5. The van der Waals surface area contributed by atoms with Gasteiger partial charge < -0.3 is 33.8 Å². The van der Waals surface area contributed by atoms with Crippen LogP contribution in [0.5, 0.6) is 0 Å². The van der Waals surface area contributed by atoms with E-state index in [1.54, 1.807) is 0 Å². The average Bonchev–Trinajstić information content (AvgIpc) is 3.89. The van der Waals surface area contributed by atoms with Gasteiger partial charge in [0.2, 0.25) is 0 Å². The Kier molecular flexibility index (Phi) is 6.97. The second kappa shape index (κ2) is 11.5. The van der Waals surface area contributed by atoms with Crippen molar-refractivity contribution in [2.75, 3.05) is 34.8 Å². The van der Waals surface area contributed by atoms with Crippen molar-refractivity contribution >= 4 is 44.6 Å². The molecule has 0 amide bonds. The number of para-hydroxylation sites is 3. The van der Waals surface area contributed by atoms with Crippen LogP contribution in [0.25, 0.3) is 27.5 Å². The minimum absolute atomic E-state index is 0.0220. The summed E-state index contributed by atoms with van der Waals surface area (Å²) in [5, 5.41) is 2.30. The molecule has 7 nitrogen and oxygen atoms in total. The van der Waals surface area contributed by atoms with Gasteiger partial charge in [-0.25, -0.2) is 0 Å². The van der Waals surface area contributed by atoms with E-state index in [-0.39, 0.29) is 18.5 Å². The largest absolute Gasteiger partial charge is 0.454 e. The number of benzene rings is 4. The van der Waals surface area contributed by atoms with E-state index >= 15 is 0 Å². The predicted molar refractivity (Wildman–Crippen MR) is 202 cm³/mol. The molecular formula is C42H42N6O. The van der Waals surface area contributed by atoms with Gasteiger partial charge in [0.05, 0.1) is 11.4 Å². The minimum atomic E-state index is -0.0220. The Morgan fingerprint density at radius 2 is 1.35 bits per heavy atom. The lowest BCUT2D eigenvalue weighted by atomic mass is 9.94. The van der Waals surface area contributed by atoms with E-state index in [4.69, 9.17) is 4.42 Å². The summed E-state index contributed by atoms with van der Waals surface area (Å²) >= 11 is 0. The van der Waals surface area contributed by atoms with E-state index in [2.05, 4.69) is 179 Å². The summed E-state index contributed by atoms with van der Waals surface area (Å²) < 4.78 is 6.58. The molecular weight excluding hydrogens is 605 g/mol. The molecule has 0 N–H and O–H groups in total. The first-order valence-electron chi connectivity index (χ1n) is 17.4. The van der Waals surface area contributed by atoms with Crippen molar-refractivity contribution in [1.29, 1.82) is 0 Å². The Labute approximate surface area is 288 Å². The number of hydrogen-bond acceptors (Lipinski definition) is 7. The Balaban J connectivity index is 1.00. The monoisotopic (exact) mass is 646 g/mol. The first-order valence-corrected chi connectivity index (χ1v) is 17.4. The van der Waals surface area contributed by atoms with E-state index in [1.165, 1.54) is 33.6 Å². The first kappa shape index (κ1) is 29.6. The topological polar surface area (TPSA) is 32.6 Å². The standard InChI is InChI=1S/C42H42N6O/c1-29-12-5-8-15-36(29)46-26-23-44(31(46)3)20-11-21-45-24-27-47-37-16-9-6-13-32(37)35(28-39(45)47)42-43(4)22-25-48(42)40-30(2)18-19-34-33-14-7-10-17-38(33)49-41(34)40/h5-10,12-19,22-28,31,39,42H,11,20-21H2,1-4H3. The van der Waals surface area contributed by atoms with Gasteiger partial charge in [0.25, 0.3) is 0 Å². The normalized spacial score (nSPS) is 21.1. The van der Waals surface area contributed by atoms with Crippen LogP contribution in [0.1, 0.15) is 30.0 Å². The second-order valence-electron chi connectivity index (χ2n) is 13.7. The van der Waals surface area contributed by atoms with Gasteiger partial charge in [-0.05, 0) is 62.6 Å². The lowest BCUT2D eigenvalue weighted by Gasteiger charge is -2.41. The van der Waals surface area contributed by atoms with Crippen molar-refractivity contribution in [2.24, 2.45) is 0 Å². The molecule has 0 aliphatic carbocycles. The lowest BCUT2D eigenvalue weighted by Crippen LogP contribution is -2.45. The molecule has 3 atom stereocenters. The summed E-state index contributed by atoms with van der Waals surface area (Å²) in [7, 11) is 2.18. The molecule has 0 spiro atoms. The molecule has 9 rings (SSSR count). The zero-order valence-corrected chi connectivity index (χ0v) is 28.6. The number of likely N-dealkylation sites (N-methyl/N-ethyl adjacent to an activating group) is 1. The fourth-order valence-electron chi connectivity index (χ4n) is 8.21. The Bertz CT molecular complexity index is 2190. The van der Waals surface area contributed by atoms with Crippen molar-refractivity contribution in [1.82, 2.24) is 14.7 Å². The molecule has 4 aliphatic rings. The highest BCUT2D eigenvalue weighted by Crippen LogP contribution is 2.46. The fourth-order valence-corrected chi connectivity index (χ4v) is 8.21. The van der Waals surface area contributed by atoms with Crippen LogP contribution in [0.3, 0.4) is 0 Å². The van der Waals surface area contributed by atoms with Crippen LogP contribution in [-0.2, 0) is 0 Å². The number of hydrogen-bond donors (Lipinski definition) is 0. The van der Waals surface area contributed by atoms with Crippen molar-refractivity contribution in [3.63, 3.8) is 0 Å². The second-order valence-corrected chi connectivity index (χ2v) is 13.7. The Morgan fingerprint density at radius 1 is 0.633 bits per heavy atom. The Morgan fingerprint density at radius 3 is 2.22 bits per heavy atom. The molecule has 0 fully saturated rings. The van der Waals surface area contributed by atoms with Crippen LogP contribution >= 0.6 is 0 Å². The number of fused-ring (bicyclic) bond motifs is 6. The van der Waals surface area contributed by atoms with Crippen molar-refractivity contribution in [3.05, 3.63) is 145 Å². The van der Waals surface area contributed by atoms with Crippen molar-refractivity contribution in [2.45, 2.75) is 45.7 Å². The van der Waals surface area contributed by atoms with Gasteiger partial charge in [-0.2, -0.15) is 0 Å². The van der Waals surface area contributed by atoms with Crippen molar-refractivity contribution < 1.29 is 4.42 Å². The van der Waals surface area contributed by atoms with E-state index in [9.17, 15) is 0 Å². The third-order valence-electron chi connectivity index (χ3n) is 10.8. The third-order valence-corrected chi connectivity index (χ3v) is 10.8. The van der Waals surface area contributed by atoms with Crippen LogP contribution in [-0.4, -0.2) is 53.3 Å². The summed E-state index contributed by atoms with van der Waals surface area (Å²) in [5.74, 6) is 0. The van der Waals surface area contributed by atoms with Gasteiger partial charge in [-0.3, -0.25) is 0 Å². The number of anilines is 3.